The van der Waals surface area contributed by atoms with Gasteiger partial charge in [0.1, 0.15) is 0 Å². The maximum atomic E-state index is 12.2. The van der Waals surface area contributed by atoms with Crippen molar-refractivity contribution in [3.63, 3.8) is 0 Å². The number of carboxylic acids is 1. The fraction of sp³-hybridized carbons (Fsp3) is 0.571. The van der Waals surface area contributed by atoms with Crippen LogP contribution in [0.1, 0.15) is 63.7 Å². The lowest BCUT2D eigenvalue weighted by molar-refractivity contribution is -0.176. The molecule has 150 valence electrons. The number of aliphatic carboxylic acids is 1. The minimum atomic E-state index is -0.978. The van der Waals surface area contributed by atoms with E-state index in [-0.39, 0.29) is 24.7 Å². The first-order valence-corrected chi connectivity index (χ1v) is 9.36. The van der Waals surface area contributed by atoms with Gasteiger partial charge < -0.3 is 14.6 Å². The first kappa shape index (κ1) is 22.7. The van der Waals surface area contributed by atoms with Crippen LogP contribution in [0.5, 0.6) is 0 Å². The van der Waals surface area contributed by atoms with Crippen molar-refractivity contribution in [3.05, 3.63) is 35.9 Å². The molecule has 2 atom stereocenters. The predicted octanol–water partition coefficient (Wildman–Crippen LogP) is 4.29. The lowest BCUT2D eigenvalue weighted by atomic mass is 9.90. The Balaban J connectivity index is 2.59. The molecular formula is C21H30O6. The molecule has 0 radical (unpaired) electrons. The lowest BCUT2D eigenvalue weighted by Crippen LogP contribution is -2.29. The molecule has 0 aromatic heterocycles. The van der Waals surface area contributed by atoms with Gasteiger partial charge in [-0.2, -0.15) is 0 Å². The van der Waals surface area contributed by atoms with Gasteiger partial charge in [0.2, 0.25) is 6.29 Å². The Bertz CT molecular complexity index is 608. The van der Waals surface area contributed by atoms with Crippen molar-refractivity contribution in [2.75, 3.05) is 0 Å². The summed E-state index contributed by atoms with van der Waals surface area (Å²) in [7, 11) is 0. The Morgan fingerprint density at radius 2 is 1.63 bits per heavy atom. The summed E-state index contributed by atoms with van der Waals surface area (Å²) in [6.07, 6.45) is 0.309. The number of rotatable bonds is 11. The summed E-state index contributed by atoms with van der Waals surface area (Å²) in [5.74, 6) is -1.85. The van der Waals surface area contributed by atoms with Gasteiger partial charge in [0.25, 0.3) is 0 Å². The van der Waals surface area contributed by atoms with Crippen molar-refractivity contribution < 1.29 is 29.0 Å². The molecule has 0 heterocycles. The van der Waals surface area contributed by atoms with Gasteiger partial charge in [-0.3, -0.25) is 9.59 Å². The molecule has 1 unspecified atom stereocenters. The normalized spacial score (nSPS) is 13.3. The summed E-state index contributed by atoms with van der Waals surface area (Å²) in [6.45, 7) is 7.63. The Kier molecular flexibility index (Phi) is 9.54. The zero-order valence-electron chi connectivity index (χ0n) is 16.5. The van der Waals surface area contributed by atoms with E-state index in [0.717, 1.165) is 6.42 Å². The predicted molar refractivity (Wildman–Crippen MR) is 101 cm³/mol. The van der Waals surface area contributed by atoms with Gasteiger partial charge in [0.05, 0.1) is 5.56 Å². The number of carbonyl (C=O) groups excluding carboxylic acids is 2. The Morgan fingerprint density at radius 1 is 1.00 bits per heavy atom. The van der Waals surface area contributed by atoms with E-state index in [4.69, 9.17) is 14.6 Å². The molecule has 1 aromatic carbocycles. The third kappa shape index (κ3) is 9.22. The average molecular weight is 378 g/mol. The lowest BCUT2D eigenvalue weighted by Gasteiger charge is -2.22. The molecule has 6 nitrogen and oxygen atoms in total. The first-order chi connectivity index (χ1) is 12.7. The van der Waals surface area contributed by atoms with E-state index in [9.17, 15) is 14.4 Å². The quantitative estimate of drug-likeness (QED) is 0.456. The largest absolute Gasteiger partial charge is 0.481 e. The first-order valence-electron chi connectivity index (χ1n) is 9.36. The van der Waals surface area contributed by atoms with E-state index in [2.05, 4.69) is 0 Å². The van der Waals surface area contributed by atoms with Crippen LogP contribution in [0, 0.1) is 17.8 Å². The number of carboxylic acid groups (broad SMARTS) is 1. The number of hydrogen-bond donors (Lipinski definition) is 1. The summed E-state index contributed by atoms with van der Waals surface area (Å²) < 4.78 is 10.7. The van der Waals surface area contributed by atoms with E-state index < -0.39 is 24.2 Å². The molecule has 0 spiro atoms. The van der Waals surface area contributed by atoms with E-state index in [1.54, 1.807) is 44.2 Å². The van der Waals surface area contributed by atoms with Crippen molar-refractivity contribution in [1.82, 2.24) is 0 Å². The topological polar surface area (TPSA) is 89.9 Å². The van der Waals surface area contributed by atoms with E-state index >= 15 is 0 Å². The highest BCUT2D eigenvalue weighted by Gasteiger charge is 2.24. The molecule has 0 aliphatic carbocycles. The fourth-order valence-corrected chi connectivity index (χ4v) is 2.77. The van der Waals surface area contributed by atoms with Crippen LogP contribution < -0.4 is 0 Å². The number of hydrogen-bond acceptors (Lipinski definition) is 5. The summed E-state index contributed by atoms with van der Waals surface area (Å²) in [5, 5.41) is 9.01. The van der Waals surface area contributed by atoms with Crippen molar-refractivity contribution in [2.45, 2.75) is 59.7 Å². The van der Waals surface area contributed by atoms with E-state index in [1.165, 1.54) is 0 Å². The summed E-state index contributed by atoms with van der Waals surface area (Å²) in [6, 6.07) is 8.50. The molecule has 6 heteroatoms. The van der Waals surface area contributed by atoms with Crippen LogP contribution in [-0.2, 0) is 19.1 Å². The van der Waals surface area contributed by atoms with E-state index in [0.29, 0.717) is 17.9 Å². The highest BCUT2D eigenvalue weighted by atomic mass is 16.7. The van der Waals surface area contributed by atoms with Gasteiger partial charge in [-0.15, -0.1) is 0 Å². The molecule has 0 aliphatic heterocycles. The fourth-order valence-electron chi connectivity index (χ4n) is 2.77. The maximum Gasteiger partial charge on any atom is 0.341 e. The Morgan fingerprint density at radius 3 is 2.15 bits per heavy atom. The molecule has 27 heavy (non-hydrogen) atoms. The molecule has 0 bridgehead atoms. The molecular weight excluding hydrogens is 348 g/mol. The molecule has 0 amide bonds. The average Bonchev–Trinajstić information content (AvgIpc) is 2.58. The highest BCUT2D eigenvalue weighted by molar-refractivity contribution is 5.89. The van der Waals surface area contributed by atoms with Crippen LogP contribution in [0.25, 0.3) is 0 Å². The molecule has 1 N–H and O–H groups in total. The SMILES string of the molecule is CC(C)C[C@H](CCC(=O)OC(OC(=O)c1ccccc1)C(C)C)CC(=O)O. The second kappa shape index (κ2) is 11.4. The third-order valence-corrected chi connectivity index (χ3v) is 4.05. The Labute approximate surface area is 160 Å². The summed E-state index contributed by atoms with van der Waals surface area (Å²) in [5.41, 5.74) is 0.387. The number of esters is 2. The maximum absolute atomic E-state index is 12.2. The summed E-state index contributed by atoms with van der Waals surface area (Å²) in [4.78, 5) is 35.3. The van der Waals surface area contributed by atoms with Gasteiger partial charge in [-0.25, -0.2) is 4.79 Å². The van der Waals surface area contributed by atoms with Crippen LogP contribution in [-0.4, -0.2) is 29.3 Å². The monoisotopic (exact) mass is 378 g/mol. The second-order valence-electron chi connectivity index (χ2n) is 7.51. The third-order valence-electron chi connectivity index (χ3n) is 4.05. The molecule has 1 aromatic rings. The van der Waals surface area contributed by atoms with Crippen LogP contribution in [0.15, 0.2) is 30.3 Å². The van der Waals surface area contributed by atoms with Gasteiger partial charge in [-0.1, -0.05) is 45.9 Å². The van der Waals surface area contributed by atoms with Gasteiger partial charge in [0, 0.05) is 18.8 Å². The van der Waals surface area contributed by atoms with E-state index in [1.807, 2.05) is 13.8 Å². The minimum absolute atomic E-state index is 0.0298. The number of benzene rings is 1. The molecule has 0 aliphatic rings. The van der Waals surface area contributed by atoms with Crippen molar-refractivity contribution in [2.24, 2.45) is 17.8 Å². The second-order valence-corrected chi connectivity index (χ2v) is 7.51. The van der Waals surface area contributed by atoms with Crippen molar-refractivity contribution in [1.29, 1.82) is 0 Å². The molecule has 0 saturated heterocycles. The van der Waals surface area contributed by atoms with Gasteiger partial charge in [-0.05, 0) is 36.8 Å². The zero-order chi connectivity index (χ0) is 20.4. The van der Waals surface area contributed by atoms with Crippen LogP contribution in [0.3, 0.4) is 0 Å². The zero-order valence-corrected chi connectivity index (χ0v) is 16.5. The van der Waals surface area contributed by atoms with Crippen LogP contribution in [0.4, 0.5) is 0 Å². The van der Waals surface area contributed by atoms with Crippen LogP contribution in [0.2, 0.25) is 0 Å². The van der Waals surface area contributed by atoms with Crippen molar-refractivity contribution in [3.8, 4) is 0 Å². The van der Waals surface area contributed by atoms with Crippen molar-refractivity contribution >= 4 is 17.9 Å². The molecule has 0 fully saturated rings. The smallest absolute Gasteiger partial charge is 0.341 e. The van der Waals surface area contributed by atoms with Gasteiger partial charge in [0.15, 0.2) is 0 Å². The van der Waals surface area contributed by atoms with Crippen LogP contribution >= 0.6 is 0 Å². The molecule has 1 rings (SSSR count). The summed E-state index contributed by atoms with van der Waals surface area (Å²) >= 11 is 0. The molecule has 0 saturated carbocycles. The standard InChI is InChI=1S/C21H30O6/c1-14(2)12-16(13-18(22)23)10-11-19(24)26-21(15(3)4)27-20(25)17-8-6-5-7-9-17/h5-9,14-16,21H,10-13H2,1-4H3,(H,22,23)/t16-,21?/m0/s1. The number of carbonyl (C=O) groups is 3. The highest BCUT2D eigenvalue weighted by Crippen LogP contribution is 2.22. The number of ether oxygens (including phenoxy) is 2. The Hall–Kier alpha value is -2.37. The minimum Gasteiger partial charge on any atom is -0.481 e. The van der Waals surface area contributed by atoms with Gasteiger partial charge >= 0.3 is 17.9 Å².